The van der Waals surface area contributed by atoms with E-state index < -0.39 is 10.0 Å². The Morgan fingerprint density at radius 3 is 2.44 bits per heavy atom. The summed E-state index contributed by atoms with van der Waals surface area (Å²) in [5.74, 6) is 0.741. The number of hydrogen-bond donors (Lipinski definition) is 1. The van der Waals surface area contributed by atoms with Crippen molar-refractivity contribution >= 4 is 21.1 Å². The fourth-order valence-electron chi connectivity index (χ4n) is 3.06. The predicted molar refractivity (Wildman–Crippen MR) is 97.8 cm³/mol. The molecule has 2 aromatic carbocycles. The van der Waals surface area contributed by atoms with E-state index in [2.05, 4.69) is 14.9 Å². The third-order valence-corrected chi connectivity index (χ3v) is 6.50. The molecule has 130 valence electrons. The number of imidazole rings is 1. The highest BCUT2D eigenvalue weighted by molar-refractivity contribution is 7.89. The van der Waals surface area contributed by atoms with Crippen molar-refractivity contribution in [1.29, 1.82) is 0 Å². The molecule has 0 aliphatic carbocycles. The third-order valence-electron chi connectivity index (χ3n) is 4.60. The van der Waals surface area contributed by atoms with E-state index >= 15 is 0 Å². The highest BCUT2D eigenvalue weighted by atomic mass is 32.2. The van der Waals surface area contributed by atoms with Crippen molar-refractivity contribution in [3.8, 4) is 11.4 Å². The van der Waals surface area contributed by atoms with Gasteiger partial charge in [0.15, 0.2) is 0 Å². The first-order chi connectivity index (χ1) is 12.0. The van der Waals surface area contributed by atoms with Crippen LogP contribution in [0, 0.1) is 0 Å². The molecule has 0 bridgehead atoms. The van der Waals surface area contributed by atoms with Crippen LogP contribution in [-0.4, -0.2) is 60.8 Å². The highest BCUT2D eigenvalue weighted by Crippen LogP contribution is 2.24. The fraction of sp³-hybridized carbons (Fsp3) is 0.278. The van der Waals surface area contributed by atoms with Crippen molar-refractivity contribution in [1.82, 2.24) is 19.2 Å². The molecule has 7 heteroatoms. The van der Waals surface area contributed by atoms with Crippen LogP contribution in [-0.2, 0) is 10.0 Å². The molecular weight excluding hydrogens is 336 g/mol. The number of nitrogens with one attached hydrogen (secondary N) is 1. The lowest BCUT2D eigenvalue weighted by atomic mass is 10.2. The average Bonchev–Trinajstić information content (AvgIpc) is 3.06. The summed E-state index contributed by atoms with van der Waals surface area (Å²) in [5, 5.41) is 0. The van der Waals surface area contributed by atoms with Crippen molar-refractivity contribution in [2.45, 2.75) is 4.90 Å². The predicted octanol–water partition coefficient (Wildman–Crippen LogP) is 2.17. The molecule has 1 aromatic heterocycles. The van der Waals surface area contributed by atoms with E-state index in [1.54, 1.807) is 22.5 Å². The van der Waals surface area contributed by atoms with Crippen molar-refractivity contribution in [3.63, 3.8) is 0 Å². The van der Waals surface area contributed by atoms with Crippen molar-refractivity contribution in [3.05, 3.63) is 48.5 Å². The molecule has 6 nitrogen and oxygen atoms in total. The molecule has 25 heavy (non-hydrogen) atoms. The first-order valence-electron chi connectivity index (χ1n) is 8.28. The molecule has 0 amide bonds. The van der Waals surface area contributed by atoms with Gasteiger partial charge in [-0.1, -0.05) is 30.3 Å². The summed E-state index contributed by atoms with van der Waals surface area (Å²) in [4.78, 5) is 10.2. The Morgan fingerprint density at radius 1 is 1.00 bits per heavy atom. The summed E-state index contributed by atoms with van der Waals surface area (Å²) in [6.45, 7) is 2.55. The van der Waals surface area contributed by atoms with Gasteiger partial charge in [0.25, 0.3) is 0 Å². The molecule has 0 spiro atoms. The number of hydrogen-bond acceptors (Lipinski definition) is 4. The molecule has 0 saturated carbocycles. The van der Waals surface area contributed by atoms with Gasteiger partial charge >= 0.3 is 0 Å². The summed E-state index contributed by atoms with van der Waals surface area (Å²) in [6.07, 6.45) is 0. The van der Waals surface area contributed by atoms with E-state index in [1.165, 1.54) is 0 Å². The minimum atomic E-state index is -3.47. The zero-order valence-corrected chi connectivity index (χ0v) is 14.8. The van der Waals surface area contributed by atoms with E-state index in [1.807, 2.05) is 37.4 Å². The molecule has 0 unspecified atom stereocenters. The largest absolute Gasteiger partial charge is 0.338 e. The summed E-state index contributed by atoms with van der Waals surface area (Å²) in [7, 11) is -1.47. The summed E-state index contributed by atoms with van der Waals surface area (Å²) in [6, 6.07) is 14.9. The quantitative estimate of drug-likeness (QED) is 0.781. The maximum atomic E-state index is 12.9. The molecule has 4 rings (SSSR count). The van der Waals surface area contributed by atoms with Crippen molar-refractivity contribution in [2.75, 3.05) is 33.2 Å². The lowest BCUT2D eigenvalue weighted by Crippen LogP contribution is -2.46. The minimum Gasteiger partial charge on any atom is -0.338 e. The molecule has 0 radical (unpaired) electrons. The molecule has 2 heterocycles. The minimum absolute atomic E-state index is 0.313. The van der Waals surface area contributed by atoms with Crippen LogP contribution >= 0.6 is 0 Å². The number of piperazine rings is 1. The third kappa shape index (κ3) is 3.06. The first-order valence-corrected chi connectivity index (χ1v) is 9.72. The molecule has 1 N–H and O–H groups in total. The Morgan fingerprint density at radius 2 is 1.72 bits per heavy atom. The van der Waals surface area contributed by atoms with Gasteiger partial charge in [-0.3, -0.25) is 0 Å². The standard InChI is InChI=1S/C18H20N4O2S/c1-21-9-11-22(12-10-21)25(23,24)15-7-8-16-17(13-15)20-18(19-16)14-5-3-2-4-6-14/h2-8,13H,9-12H2,1H3,(H,19,20). The Balaban J connectivity index is 1.69. The van der Waals surface area contributed by atoms with E-state index in [4.69, 9.17) is 0 Å². The van der Waals surface area contributed by atoms with Gasteiger partial charge in [0.05, 0.1) is 15.9 Å². The van der Waals surface area contributed by atoms with E-state index in [9.17, 15) is 8.42 Å². The molecule has 0 atom stereocenters. The van der Waals surface area contributed by atoms with E-state index in [0.29, 0.717) is 18.0 Å². The number of sulfonamides is 1. The Bertz CT molecular complexity index is 990. The van der Waals surface area contributed by atoms with Gasteiger partial charge in [0.1, 0.15) is 5.82 Å². The highest BCUT2D eigenvalue weighted by Gasteiger charge is 2.27. The van der Waals surface area contributed by atoms with Gasteiger partial charge in [-0.25, -0.2) is 13.4 Å². The van der Waals surface area contributed by atoms with Crippen LogP contribution in [0.3, 0.4) is 0 Å². The van der Waals surface area contributed by atoms with Crippen LogP contribution in [0.2, 0.25) is 0 Å². The number of rotatable bonds is 3. The summed E-state index contributed by atoms with van der Waals surface area (Å²) < 4.78 is 27.3. The molecule has 1 fully saturated rings. The lowest BCUT2D eigenvalue weighted by molar-refractivity contribution is 0.222. The molecule has 3 aromatic rings. The van der Waals surface area contributed by atoms with E-state index in [-0.39, 0.29) is 0 Å². The molecule has 1 aliphatic heterocycles. The van der Waals surface area contributed by atoms with Gasteiger partial charge in [-0.05, 0) is 25.2 Å². The summed E-state index contributed by atoms with van der Waals surface area (Å²) >= 11 is 0. The number of nitrogens with zero attached hydrogens (tertiary/aromatic N) is 3. The van der Waals surface area contributed by atoms with Gasteiger partial charge in [-0.2, -0.15) is 4.31 Å². The molecule has 1 saturated heterocycles. The van der Waals surface area contributed by atoms with Crippen LogP contribution in [0.4, 0.5) is 0 Å². The second-order valence-corrected chi connectivity index (χ2v) is 8.28. The van der Waals surface area contributed by atoms with Crippen molar-refractivity contribution < 1.29 is 8.42 Å². The molecule has 1 aliphatic rings. The van der Waals surface area contributed by atoms with Crippen LogP contribution in [0.1, 0.15) is 0 Å². The Hall–Kier alpha value is -2.22. The molecular formula is C18H20N4O2S. The normalized spacial score (nSPS) is 17.2. The number of likely N-dealkylation sites (N-methyl/N-ethyl adjacent to an activating group) is 1. The van der Waals surface area contributed by atoms with E-state index in [0.717, 1.165) is 35.5 Å². The lowest BCUT2D eigenvalue weighted by Gasteiger charge is -2.31. The van der Waals surface area contributed by atoms with Crippen molar-refractivity contribution in [2.24, 2.45) is 0 Å². The monoisotopic (exact) mass is 356 g/mol. The smallest absolute Gasteiger partial charge is 0.243 e. The van der Waals surface area contributed by atoms with Crippen LogP contribution in [0.15, 0.2) is 53.4 Å². The number of aromatic amines is 1. The topological polar surface area (TPSA) is 69.3 Å². The average molecular weight is 356 g/mol. The zero-order chi connectivity index (χ0) is 17.4. The van der Waals surface area contributed by atoms with Crippen LogP contribution in [0.25, 0.3) is 22.4 Å². The first kappa shape index (κ1) is 16.3. The fourth-order valence-corrected chi connectivity index (χ4v) is 4.51. The Kier molecular flexibility index (Phi) is 4.07. The van der Waals surface area contributed by atoms with Gasteiger partial charge in [-0.15, -0.1) is 0 Å². The van der Waals surface area contributed by atoms with Crippen LogP contribution < -0.4 is 0 Å². The maximum Gasteiger partial charge on any atom is 0.243 e. The number of benzene rings is 2. The second kappa shape index (κ2) is 6.25. The van der Waals surface area contributed by atoms with Crippen LogP contribution in [0.5, 0.6) is 0 Å². The maximum absolute atomic E-state index is 12.9. The van der Waals surface area contributed by atoms with Gasteiger partial charge in [0.2, 0.25) is 10.0 Å². The number of H-pyrrole nitrogens is 1. The number of fused-ring (bicyclic) bond motifs is 1. The Labute approximate surface area is 147 Å². The number of aromatic nitrogens is 2. The summed E-state index contributed by atoms with van der Waals surface area (Å²) in [5.41, 5.74) is 2.47. The second-order valence-electron chi connectivity index (χ2n) is 6.34. The SMILES string of the molecule is CN1CCN(S(=O)(=O)c2ccc3nc(-c4ccccc4)[nH]c3c2)CC1. The van der Waals surface area contributed by atoms with Gasteiger partial charge < -0.3 is 9.88 Å². The van der Waals surface area contributed by atoms with Gasteiger partial charge in [0, 0.05) is 31.7 Å². The zero-order valence-electron chi connectivity index (χ0n) is 14.0.